The van der Waals surface area contributed by atoms with Gasteiger partial charge in [-0.25, -0.2) is 0 Å². The Kier molecular flexibility index (Phi) is 6.92. The molecule has 0 fully saturated rings. The van der Waals surface area contributed by atoms with Gasteiger partial charge in [0.1, 0.15) is 0 Å². The fraction of sp³-hybridized carbons (Fsp3) is 0. The second-order valence-corrected chi connectivity index (χ2v) is 0.947. The fourth-order valence-electron chi connectivity index (χ4n) is 0.113. The van der Waals surface area contributed by atoms with Gasteiger partial charge in [0.25, 0.3) is 0 Å². The summed E-state index contributed by atoms with van der Waals surface area (Å²) >= 11 is 0. The Balaban J connectivity index is 3.01. The van der Waals surface area contributed by atoms with Crippen molar-refractivity contribution in [3.8, 4) is 0 Å². The van der Waals surface area contributed by atoms with Crippen molar-refractivity contribution in [2.24, 2.45) is 0 Å². The summed E-state index contributed by atoms with van der Waals surface area (Å²) in [5.41, 5.74) is 0. The molecule has 0 rings (SSSR count). The average Bonchev–Trinajstić information content (AvgIpc) is 2.04. The standard InChI is InChI=1S/B2HO9/c3-1-2(4)6-8-10-11-9-7-5/h5H/q-1. The van der Waals surface area contributed by atoms with Gasteiger partial charge in [-0.1, -0.05) is 0 Å². The van der Waals surface area contributed by atoms with E-state index in [4.69, 9.17) is 5.26 Å². The molecule has 11 heavy (non-hydrogen) atoms. The van der Waals surface area contributed by atoms with Crippen LogP contribution < -0.4 is 0 Å². The van der Waals surface area contributed by atoms with Crippen LogP contribution in [0, 0.1) is 0 Å². The first-order chi connectivity index (χ1) is 5.31. The van der Waals surface area contributed by atoms with Crippen molar-refractivity contribution in [1.29, 1.82) is 0 Å². The third-order valence-electron chi connectivity index (χ3n) is 0.359. The Morgan fingerprint density at radius 1 is 1.18 bits per heavy atom. The van der Waals surface area contributed by atoms with Crippen LogP contribution in [0.4, 0.5) is 0 Å². The first-order valence-electron chi connectivity index (χ1n) is 2.06. The van der Waals surface area contributed by atoms with Crippen LogP contribution >= 0.6 is 0 Å². The van der Waals surface area contributed by atoms with Gasteiger partial charge in [-0.3, -0.25) is 0 Å². The van der Waals surface area contributed by atoms with E-state index in [1.165, 1.54) is 0 Å². The molecule has 0 aliphatic rings. The second kappa shape index (κ2) is 7.40. The van der Waals surface area contributed by atoms with Crippen molar-refractivity contribution in [3.05, 3.63) is 0 Å². The third kappa shape index (κ3) is 7.18. The molecule has 9 nitrogen and oxygen atoms in total. The Labute approximate surface area is 59.6 Å². The normalized spacial score (nSPS) is 8.82. The summed E-state index contributed by atoms with van der Waals surface area (Å²) in [4.78, 5) is 3.55. The van der Waals surface area contributed by atoms with E-state index in [0.717, 1.165) is 0 Å². The molecule has 0 saturated heterocycles. The molecule has 0 aromatic rings. The van der Waals surface area contributed by atoms with Crippen molar-refractivity contribution < 1.29 is 44.7 Å². The molecule has 0 aliphatic heterocycles. The van der Waals surface area contributed by atoms with Crippen molar-refractivity contribution >= 4 is 13.7 Å². The number of hydrogen-bond acceptors (Lipinski definition) is 9. The molecule has 0 heterocycles. The second-order valence-electron chi connectivity index (χ2n) is 0.947. The van der Waals surface area contributed by atoms with Crippen LogP contribution in [0.15, 0.2) is 0 Å². The van der Waals surface area contributed by atoms with E-state index in [0.29, 0.717) is 0 Å². The van der Waals surface area contributed by atoms with Gasteiger partial charge in [0.2, 0.25) is 0 Å². The zero-order valence-electron chi connectivity index (χ0n) is 4.87. The first kappa shape index (κ1) is 10.3. The van der Waals surface area contributed by atoms with Crippen LogP contribution in [0.25, 0.3) is 0 Å². The Morgan fingerprint density at radius 2 is 1.82 bits per heavy atom. The molecule has 11 heteroatoms. The maximum absolute atomic E-state index is 9.96. The van der Waals surface area contributed by atoms with Gasteiger partial charge in [-0.15, -0.1) is 0 Å². The number of rotatable bonds is 7. The SMILES string of the molecule is O=B[B-](=O)OOOOOOO. The quantitative estimate of drug-likeness (QED) is 0.211. The minimum atomic E-state index is -2.06. The molecule has 0 aromatic heterocycles. The first-order valence-corrected chi connectivity index (χ1v) is 2.06. The monoisotopic (exact) mass is 167 g/mol. The minimum absolute atomic E-state index is 0.104. The van der Waals surface area contributed by atoms with Crippen molar-refractivity contribution in [3.63, 3.8) is 0 Å². The van der Waals surface area contributed by atoms with Gasteiger partial charge in [-0.2, -0.15) is 0 Å². The topological polar surface area (TPSA) is 110 Å². The molecule has 0 radical (unpaired) electrons. The molecule has 0 atom stereocenters. The van der Waals surface area contributed by atoms with Crippen LogP contribution in [0.5, 0.6) is 0 Å². The van der Waals surface area contributed by atoms with E-state index < -0.39 is 6.68 Å². The van der Waals surface area contributed by atoms with Crippen molar-refractivity contribution in [1.82, 2.24) is 0 Å². The molecule has 1 N–H and O–H groups in total. The van der Waals surface area contributed by atoms with Gasteiger partial charge in [0.15, 0.2) is 0 Å². The summed E-state index contributed by atoms with van der Waals surface area (Å²) < 4.78 is 19.5. The van der Waals surface area contributed by atoms with E-state index in [1.54, 1.807) is 0 Å². The summed E-state index contributed by atoms with van der Waals surface area (Å²) in [6, 6.07) is 0. The summed E-state index contributed by atoms with van der Waals surface area (Å²) in [6.07, 6.45) is 0. The van der Waals surface area contributed by atoms with Gasteiger partial charge in [0.05, 0.1) is 0 Å². The summed E-state index contributed by atoms with van der Waals surface area (Å²) in [6.45, 7) is -2.06. The van der Waals surface area contributed by atoms with E-state index in [-0.39, 0.29) is 7.04 Å². The molecule has 0 bridgehead atoms. The predicted octanol–water partition coefficient (Wildman–Crippen LogP) is -1.40. The molecule has 0 amide bonds. The molecule has 0 unspecified atom stereocenters. The summed E-state index contributed by atoms with van der Waals surface area (Å²) in [5.74, 6) is 0. The molecule has 0 spiro atoms. The van der Waals surface area contributed by atoms with Crippen LogP contribution in [0.1, 0.15) is 0 Å². The average molecular weight is 167 g/mol. The fourth-order valence-corrected chi connectivity index (χ4v) is 0.113. The Morgan fingerprint density at radius 3 is 2.36 bits per heavy atom. The van der Waals surface area contributed by atoms with E-state index in [1.807, 2.05) is 0 Å². The molecule has 0 aromatic carbocycles. The van der Waals surface area contributed by atoms with Crippen LogP contribution in [0.3, 0.4) is 0 Å². The maximum atomic E-state index is 9.96. The van der Waals surface area contributed by atoms with Crippen molar-refractivity contribution in [2.75, 3.05) is 0 Å². The Bertz CT molecular complexity index is 119. The zero-order valence-corrected chi connectivity index (χ0v) is 4.87. The van der Waals surface area contributed by atoms with Crippen LogP contribution in [0.2, 0.25) is 0 Å². The van der Waals surface area contributed by atoms with Crippen molar-refractivity contribution in [2.45, 2.75) is 0 Å². The molecule has 0 aliphatic carbocycles. The van der Waals surface area contributed by atoms with E-state index >= 15 is 0 Å². The molecule has 62 valence electrons. The summed E-state index contributed by atoms with van der Waals surface area (Å²) in [7, 11) is -0.104. The van der Waals surface area contributed by atoms with E-state index in [9.17, 15) is 9.41 Å². The third-order valence-corrected chi connectivity index (χ3v) is 0.359. The number of hydrogen-bond donors (Lipinski definition) is 1. The molecular weight excluding hydrogens is 166 g/mol. The predicted molar refractivity (Wildman–Crippen MR) is 22.0 cm³/mol. The van der Waals surface area contributed by atoms with Gasteiger partial charge >= 0.3 is 58.4 Å². The van der Waals surface area contributed by atoms with Gasteiger partial charge < -0.3 is 0 Å². The van der Waals surface area contributed by atoms with Crippen LogP contribution in [-0.2, 0) is 39.4 Å². The van der Waals surface area contributed by atoms with Crippen LogP contribution in [-0.4, -0.2) is 19.0 Å². The van der Waals surface area contributed by atoms with Gasteiger partial charge in [0, 0.05) is 0 Å². The zero-order chi connectivity index (χ0) is 8.53. The molecule has 0 saturated carbocycles. The van der Waals surface area contributed by atoms with Gasteiger partial charge in [-0.05, 0) is 0 Å². The summed E-state index contributed by atoms with van der Waals surface area (Å²) in [5, 5.41) is 23.5. The van der Waals surface area contributed by atoms with E-state index in [2.05, 4.69) is 30.0 Å². The molecular formula is HB2O9-. The Hall–Kier alpha value is -0.710.